The van der Waals surface area contributed by atoms with Gasteiger partial charge in [-0.1, -0.05) is 12.1 Å². The van der Waals surface area contributed by atoms with Crippen LogP contribution in [0, 0.1) is 11.6 Å². The van der Waals surface area contributed by atoms with Crippen LogP contribution in [0.2, 0.25) is 0 Å². The molecule has 1 N–H and O–H groups in total. The van der Waals surface area contributed by atoms with Crippen molar-refractivity contribution in [3.05, 3.63) is 59.7 Å². The molecular weight excluding hydrogens is 392 g/mol. The van der Waals surface area contributed by atoms with Gasteiger partial charge in [0.05, 0.1) is 25.3 Å². The van der Waals surface area contributed by atoms with E-state index in [1.165, 1.54) is 6.07 Å². The number of carbonyl (C=O) groups is 2. The molecule has 1 aliphatic rings. The molecule has 1 fully saturated rings. The molecule has 0 spiro atoms. The van der Waals surface area contributed by atoms with Crippen LogP contribution in [-0.4, -0.2) is 60.9 Å². The van der Waals surface area contributed by atoms with Gasteiger partial charge in [0.25, 0.3) is 0 Å². The number of nitrogens with one attached hydrogen (secondary N) is 1. The predicted octanol–water partition coefficient (Wildman–Crippen LogP) is 2.69. The van der Waals surface area contributed by atoms with Crippen molar-refractivity contribution in [1.82, 2.24) is 9.80 Å². The molecule has 1 heterocycles. The van der Waals surface area contributed by atoms with E-state index in [0.29, 0.717) is 31.9 Å². The fraction of sp³-hybridized carbons (Fsp3) is 0.364. The summed E-state index contributed by atoms with van der Waals surface area (Å²) >= 11 is 0. The van der Waals surface area contributed by atoms with E-state index in [0.717, 1.165) is 17.7 Å². The van der Waals surface area contributed by atoms with Gasteiger partial charge in [0.15, 0.2) is 0 Å². The lowest BCUT2D eigenvalue weighted by atomic mass is 10.1. The maximum atomic E-state index is 13.8. The summed E-state index contributed by atoms with van der Waals surface area (Å²) in [6.07, 6.45) is 0.289. The Balaban J connectivity index is 1.51. The summed E-state index contributed by atoms with van der Waals surface area (Å²) in [7, 11) is 1.59. The minimum Gasteiger partial charge on any atom is -0.497 e. The number of hydrogen-bond acceptors (Lipinski definition) is 4. The van der Waals surface area contributed by atoms with Gasteiger partial charge < -0.3 is 15.0 Å². The number of piperazine rings is 1. The molecule has 1 unspecified atom stereocenters. The van der Waals surface area contributed by atoms with Crippen LogP contribution in [0.25, 0.3) is 0 Å². The summed E-state index contributed by atoms with van der Waals surface area (Å²) < 4.78 is 32.0. The molecule has 30 heavy (non-hydrogen) atoms. The number of ether oxygens (including phenoxy) is 1. The van der Waals surface area contributed by atoms with E-state index in [-0.39, 0.29) is 23.9 Å². The first-order valence-corrected chi connectivity index (χ1v) is 9.78. The Bertz CT molecular complexity index is 914. The molecule has 6 nitrogen and oxygen atoms in total. The van der Waals surface area contributed by atoms with E-state index in [1.54, 1.807) is 18.9 Å². The molecule has 2 amide bonds. The number of methoxy groups -OCH3 is 1. The van der Waals surface area contributed by atoms with Crippen molar-refractivity contribution < 1.29 is 23.1 Å². The molecule has 1 aliphatic heterocycles. The number of halogens is 2. The zero-order chi connectivity index (χ0) is 21.7. The second kappa shape index (κ2) is 9.67. The van der Waals surface area contributed by atoms with Crippen LogP contribution in [0.15, 0.2) is 42.5 Å². The van der Waals surface area contributed by atoms with Crippen molar-refractivity contribution in [3.63, 3.8) is 0 Å². The maximum absolute atomic E-state index is 13.8. The summed E-state index contributed by atoms with van der Waals surface area (Å²) in [6.45, 7) is 3.80. The lowest BCUT2D eigenvalue weighted by molar-refractivity contribution is -0.133. The number of hydrogen-bond donors (Lipinski definition) is 1. The summed E-state index contributed by atoms with van der Waals surface area (Å²) in [4.78, 5) is 28.8. The quantitative estimate of drug-likeness (QED) is 0.785. The van der Waals surface area contributed by atoms with Gasteiger partial charge >= 0.3 is 0 Å². The zero-order valence-electron chi connectivity index (χ0n) is 17.0. The number of nitrogens with zero attached hydrogens (tertiary/aromatic N) is 2. The Labute approximate surface area is 174 Å². The molecule has 0 saturated carbocycles. The van der Waals surface area contributed by atoms with Crippen LogP contribution in [-0.2, 0) is 16.0 Å². The average Bonchev–Trinajstić information content (AvgIpc) is 2.75. The molecule has 8 heteroatoms. The first-order chi connectivity index (χ1) is 14.4. The van der Waals surface area contributed by atoms with Crippen LogP contribution >= 0.6 is 0 Å². The summed E-state index contributed by atoms with van der Waals surface area (Å²) in [5.41, 5.74) is 0.830. The third-order valence-electron chi connectivity index (χ3n) is 5.27. The van der Waals surface area contributed by atoms with Crippen LogP contribution < -0.4 is 10.1 Å². The molecular formula is C22H25F2N3O3. The molecule has 3 rings (SSSR count). The van der Waals surface area contributed by atoms with Crippen molar-refractivity contribution >= 4 is 17.5 Å². The first kappa shape index (κ1) is 21.7. The minimum absolute atomic E-state index is 0.0217. The molecule has 160 valence electrons. The monoisotopic (exact) mass is 417 g/mol. The predicted molar refractivity (Wildman–Crippen MR) is 109 cm³/mol. The minimum atomic E-state index is -0.816. The average molecular weight is 417 g/mol. The van der Waals surface area contributed by atoms with Gasteiger partial charge in [0, 0.05) is 32.2 Å². The van der Waals surface area contributed by atoms with Gasteiger partial charge in [-0.3, -0.25) is 14.5 Å². The van der Waals surface area contributed by atoms with Gasteiger partial charge in [0.1, 0.15) is 17.4 Å². The first-order valence-electron chi connectivity index (χ1n) is 9.78. The Morgan fingerprint density at radius 2 is 1.83 bits per heavy atom. The van der Waals surface area contributed by atoms with Gasteiger partial charge in [0.2, 0.25) is 11.8 Å². The molecule has 1 saturated heterocycles. The molecule has 1 atom stereocenters. The SMILES string of the molecule is COc1cccc(CC(=O)N2CCN(C(C)C(=O)Nc3ccc(F)cc3F)CC2)c1. The Morgan fingerprint density at radius 3 is 2.50 bits per heavy atom. The van der Waals surface area contributed by atoms with Gasteiger partial charge in [-0.25, -0.2) is 8.78 Å². The highest BCUT2D eigenvalue weighted by atomic mass is 19.1. The van der Waals surface area contributed by atoms with E-state index in [2.05, 4.69) is 5.32 Å². The Morgan fingerprint density at radius 1 is 1.10 bits per heavy atom. The molecule has 0 aliphatic carbocycles. The largest absolute Gasteiger partial charge is 0.497 e. The second-order valence-corrected chi connectivity index (χ2v) is 7.23. The highest BCUT2D eigenvalue weighted by Gasteiger charge is 2.28. The van der Waals surface area contributed by atoms with E-state index in [4.69, 9.17) is 4.74 Å². The van der Waals surface area contributed by atoms with Crippen molar-refractivity contribution in [2.75, 3.05) is 38.6 Å². The summed E-state index contributed by atoms with van der Waals surface area (Å²) in [5.74, 6) is -1.16. The smallest absolute Gasteiger partial charge is 0.241 e. The number of rotatable bonds is 6. The lowest BCUT2D eigenvalue weighted by Crippen LogP contribution is -2.54. The van der Waals surface area contributed by atoms with E-state index >= 15 is 0 Å². The fourth-order valence-corrected chi connectivity index (χ4v) is 3.42. The van der Waals surface area contributed by atoms with Crippen LogP contribution in [0.1, 0.15) is 12.5 Å². The van der Waals surface area contributed by atoms with Crippen molar-refractivity contribution in [3.8, 4) is 5.75 Å². The summed E-state index contributed by atoms with van der Waals surface area (Å²) in [5, 5.41) is 2.50. The topological polar surface area (TPSA) is 61.9 Å². The van der Waals surface area contributed by atoms with Crippen LogP contribution in [0.3, 0.4) is 0 Å². The van der Waals surface area contributed by atoms with Gasteiger partial charge in [-0.05, 0) is 36.8 Å². The van der Waals surface area contributed by atoms with Crippen molar-refractivity contribution in [1.29, 1.82) is 0 Å². The van der Waals surface area contributed by atoms with Crippen LogP contribution in [0.4, 0.5) is 14.5 Å². The van der Waals surface area contributed by atoms with Gasteiger partial charge in [-0.2, -0.15) is 0 Å². The second-order valence-electron chi connectivity index (χ2n) is 7.23. The number of anilines is 1. The Hall–Kier alpha value is -3.00. The van der Waals surface area contributed by atoms with E-state index in [9.17, 15) is 18.4 Å². The number of benzene rings is 2. The van der Waals surface area contributed by atoms with Gasteiger partial charge in [-0.15, -0.1) is 0 Å². The molecule has 0 radical (unpaired) electrons. The highest BCUT2D eigenvalue weighted by molar-refractivity contribution is 5.94. The third-order valence-corrected chi connectivity index (χ3v) is 5.27. The number of carbonyl (C=O) groups excluding carboxylic acids is 2. The highest BCUT2D eigenvalue weighted by Crippen LogP contribution is 2.17. The normalized spacial score (nSPS) is 15.5. The summed E-state index contributed by atoms with van der Waals surface area (Å²) in [6, 6.07) is 9.92. The standard InChI is InChI=1S/C22H25F2N3O3/c1-15(22(29)25-20-7-6-17(23)14-19(20)24)26-8-10-27(11-9-26)21(28)13-16-4-3-5-18(12-16)30-2/h3-7,12,14-15H,8-11,13H2,1-2H3,(H,25,29). The third kappa shape index (κ3) is 5.33. The molecule has 0 bridgehead atoms. The van der Waals surface area contributed by atoms with Crippen molar-refractivity contribution in [2.24, 2.45) is 0 Å². The lowest BCUT2D eigenvalue weighted by Gasteiger charge is -2.37. The molecule has 2 aromatic rings. The Kier molecular flexibility index (Phi) is 6.99. The fourth-order valence-electron chi connectivity index (χ4n) is 3.42. The number of amides is 2. The van der Waals surface area contributed by atoms with E-state index in [1.807, 2.05) is 29.2 Å². The molecule has 2 aromatic carbocycles. The van der Waals surface area contributed by atoms with Crippen LogP contribution in [0.5, 0.6) is 5.75 Å². The van der Waals surface area contributed by atoms with Crippen molar-refractivity contribution in [2.45, 2.75) is 19.4 Å². The van der Waals surface area contributed by atoms with E-state index < -0.39 is 17.7 Å². The zero-order valence-corrected chi connectivity index (χ0v) is 17.0. The maximum Gasteiger partial charge on any atom is 0.241 e. The molecule has 0 aromatic heterocycles.